The number of benzene rings is 3. The number of ether oxygens (including phenoxy) is 1. The van der Waals surface area contributed by atoms with Gasteiger partial charge in [0, 0.05) is 18.1 Å². The van der Waals surface area contributed by atoms with Crippen LogP contribution in [0.2, 0.25) is 0 Å². The lowest BCUT2D eigenvalue weighted by Gasteiger charge is -2.29. The molecule has 1 aliphatic heterocycles. The van der Waals surface area contributed by atoms with Crippen LogP contribution in [0.3, 0.4) is 0 Å². The topological polar surface area (TPSA) is 75.7 Å². The first-order valence-electron chi connectivity index (χ1n) is 12.0. The van der Waals surface area contributed by atoms with Gasteiger partial charge in [0.05, 0.1) is 11.9 Å². The van der Waals surface area contributed by atoms with Crippen LogP contribution >= 0.6 is 19.1 Å². The Morgan fingerprint density at radius 2 is 1.42 bits per heavy atom. The summed E-state index contributed by atoms with van der Waals surface area (Å²) in [6.45, 7) is 1.89. The summed E-state index contributed by atoms with van der Waals surface area (Å²) in [5.41, 5.74) is 2.79. The molecule has 1 amide bonds. The fraction of sp³-hybridized carbons (Fsp3) is 0.286. The van der Waals surface area contributed by atoms with Crippen LogP contribution in [-0.2, 0) is 37.8 Å². The van der Waals surface area contributed by atoms with Crippen molar-refractivity contribution < 1.29 is 18.9 Å². The molecule has 0 saturated carbocycles. The number of nitrogens with one attached hydrogen (secondary N) is 1. The van der Waals surface area contributed by atoms with E-state index < -0.39 is 25.3 Å². The Kier molecular flexibility index (Phi) is 9.03. The molecule has 0 aliphatic carbocycles. The van der Waals surface area contributed by atoms with Crippen LogP contribution in [0.5, 0.6) is 0 Å². The van der Waals surface area contributed by atoms with Gasteiger partial charge in [0.25, 0.3) is 0 Å². The van der Waals surface area contributed by atoms with Crippen molar-refractivity contribution in [2.24, 2.45) is 0 Å². The molecule has 3 aromatic rings. The number of amides is 1. The summed E-state index contributed by atoms with van der Waals surface area (Å²) in [6.07, 6.45) is 0.662. The third-order valence-electron chi connectivity index (χ3n) is 6.02. The largest absolute Gasteiger partial charge is 0.459 e. The molecule has 0 radical (unpaired) electrons. The van der Waals surface area contributed by atoms with Crippen LogP contribution in [0, 0.1) is 0 Å². The minimum absolute atomic E-state index is 0.167. The Balaban J connectivity index is 1.44. The van der Waals surface area contributed by atoms with Crippen LogP contribution in [0.15, 0.2) is 91.0 Å². The zero-order chi connectivity index (χ0) is 25.4. The van der Waals surface area contributed by atoms with Gasteiger partial charge in [-0.3, -0.25) is 9.88 Å². The first-order valence-corrected chi connectivity index (χ1v) is 15.2. The van der Waals surface area contributed by atoms with Crippen LogP contribution in [-0.4, -0.2) is 40.5 Å². The van der Waals surface area contributed by atoms with Gasteiger partial charge in [-0.15, -0.1) is 11.8 Å². The molecule has 0 aromatic heterocycles. The highest BCUT2D eigenvalue weighted by atomic mass is 32.2. The maximum atomic E-state index is 14.2. The maximum Gasteiger partial charge on any atom is 0.330 e. The summed E-state index contributed by atoms with van der Waals surface area (Å²) >= 11 is 1.52. The van der Waals surface area contributed by atoms with Gasteiger partial charge in [0.15, 0.2) is 7.29 Å². The molecular weight excluding hydrogens is 491 g/mol. The number of hydrogen-bond donors (Lipinski definition) is 1. The first-order chi connectivity index (χ1) is 17.4. The highest BCUT2D eigenvalue weighted by molar-refractivity contribution is 7.99. The second-order valence-corrected chi connectivity index (χ2v) is 12.6. The van der Waals surface area contributed by atoms with Crippen molar-refractivity contribution in [2.75, 3.05) is 11.6 Å². The Hall–Kier alpha value is -2.86. The van der Waals surface area contributed by atoms with E-state index in [4.69, 9.17) is 4.74 Å². The number of carbonyl (C=O) groups excluding carboxylic acids is 2. The summed E-state index contributed by atoms with van der Waals surface area (Å²) in [7, 11) is -3.03. The Labute approximate surface area is 216 Å². The fourth-order valence-corrected chi connectivity index (χ4v) is 8.10. The molecule has 0 spiro atoms. The smallest absolute Gasteiger partial charge is 0.330 e. The molecule has 1 unspecified atom stereocenters. The van der Waals surface area contributed by atoms with E-state index in [0.29, 0.717) is 24.0 Å². The summed E-state index contributed by atoms with van der Waals surface area (Å²) in [6, 6.07) is 27.4. The van der Waals surface area contributed by atoms with E-state index in [-0.39, 0.29) is 12.5 Å². The van der Waals surface area contributed by atoms with E-state index in [1.165, 1.54) is 11.8 Å². The minimum atomic E-state index is -3.03. The second kappa shape index (κ2) is 12.4. The molecule has 1 fully saturated rings. The van der Waals surface area contributed by atoms with Crippen LogP contribution in [0.25, 0.3) is 0 Å². The van der Waals surface area contributed by atoms with E-state index >= 15 is 0 Å². The molecule has 3 aromatic carbocycles. The van der Waals surface area contributed by atoms with Gasteiger partial charge < -0.3 is 14.2 Å². The summed E-state index contributed by atoms with van der Waals surface area (Å²) in [5, 5.41) is 3.19. The number of thioether (sulfide) groups is 1. The monoisotopic (exact) mass is 522 g/mol. The Bertz CT molecular complexity index is 1150. The molecule has 8 heteroatoms. The van der Waals surface area contributed by atoms with Gasteiger partial charge in [0.1, 0.15) is 12.6 Å². The van der Waals surface area contributed by atoms with Gasteiger partial charge in [-0.05, 0) is 23.6 Å². The average molecular weight is 523 g/mol. The highest BCUT2D eigenvalue weighted by Gasteiger charge is 2.39. The van der Waals surface area contributed by atoms with E-state index in [1.54, 1.807) is 11.8 Å². The Morgan fingerprint density at radius 3 is 1.94 bits per heavy atom. The van der Waals surface area contributed by atoms with Gasteiger partial charge >= 0.3 is 5.97 Å². The predicted molar refractivity (Wildman–Crippen MR) is 145 cm³/mol. The summed E-state index contributed by atoms with van der Waals surface area (Å²) in [4.78, 5) is 27.8. The van der Waals surface area contributed by atoms with Crippen molar-refractivity contribution in [2.45, 2.75) is 37.9 Å². The van der Waals surface area contributed by atoms with Crippen molar-refractivity contribution in [3.05, 3.63) is 108 Å². The lowest BCUT2D eigenvalue weighted by atomic mass is 10.2. The van der Waals surface area contributed by atoms with Crippen LogP contribution < -0.4 is 5.09 Å². The van der Waals surface area contributed by atoms with Crippen molar-refractivity contribution >= 4 is 30.9 Å². The minimum Gasteiger partial charge on any atom is -0.459 e. The molecule has 188 valence electrons. The van der Waals surface area contributed by atoms with Crippen molar-refractivity contribution in [3.63, 3.8) is 0 Å². The normalized spacial score (nSPS) is 16.5. The van der Waals surface area contributed by atoms with Crippen LogP contribution in [0.1, 0.15) is 23.6 Å². The van der Waals surface area contributed by atoms with Crippen LogP contribution in [0.4, 0.5) is 0 Å². The van der Waals surface area contributed by atoms with Crippen molar-refractivity contribution in [1.29, 1.82) is 0 Å². The van der Waals surface area contributed by atoms with Gasteiger partial charge in [0.2, 0.25) is 5.91 Å². The van der Waals surface area contributed by atoms with E-state index in [0.717, 1.165) is 16.7 Å². The number of nitrogens with zero attached hydrogens (tertiary/aromatic N) is 1. The summed E-state index contributed by atoms with van der Waals surface area (Å²) < 4.78 is 19.7. The van der Waals surface area contributed by atoms with Crippen molar-refractivity contribution in [1.82, 2.24) is 9.99 Å². The molecule has 6 nitrogen and oxygen atoms in total. The SMILES string of the molecule is C[C@H](NP(=O)(Cc1ccccc1)Cc1ccccc1)C(=O)N1CSCC1C(=O)OCc1ccccc1. The maximum absolute atomic E-state index is 14.2. The molecule has 1 saturated heterocycles. The number of esters is 1. The molecule has 0 bridgehead atoms. The standard InChI is InChI=1S/C28H31N2O4PS/c1-22(27(31)30-21-36-20-26(30)28(32)34-17-23-11-5-2-6-12-23)29-35(33,18-24-13-7-3-8-14-24)19-25-15-9-4-10-16-25/h2-16,22,26H,17-21H2,1H3,(H,29,33)/t22-,26?/m0/s1. The molecule has 1 aliphatic rings. The third-order valence-corrected chi connectivity index (χ3v) is 9.64. The summed E-state index contributed by atoms with van der Waals surface area (Å²) in [5.74, 6) is 0.222. The van der Waals surface area contributed by atoms with Crippen molar-refractivity contribution in [3.8, 4) is 0 Å². The lowest BCUT2D eigenvalue weighted by molar-refractivity contribution is -0.154. The highest BCUT2D eigenvalue weighted by Crippen LogP contribution is 2.49. The molecule has 36 heavy (non-hydrogen) atoms. The van der Waals surface area contributed by atoms with E-state index in [2.05, 4.69) is 5.09 Å². The van der Waals surface area contributed by atoms with E-state index in [9.17, 15) is 14.2 Å². The molecule has 1 N–H and O–H groups in total. The van der Waals surface area contributed by atoms with Gasteiger partial charge in [-0.1, -0.05) is 91.0 Å². The Morgan fingerprint density at radius 1 is 0.917 bits per heavy atom. The molecule has 1 heterocycles. The zero-order valence-corrected chi connectivity index (χ0v) is 22.0. The second-order valence-electron chi connectivity index (χ2n) is 8.94. The number of hydrogen-bond acceptors (Lipinski definition) is 5. The average Bonchev–Trinajstić information content (AvgIpc) is 3.38. The molecule has 4 rings (SSSR count). The van der Waals surface area contributed by atoms with E-state index in [1.807, 2.05) is 91.0 Å². The van der Waals surface area contributed by atoms with Gasteiger partial charge in [-0.2, -0.15) is 0 Å². The fourth-order valence-electron chi connectivity index (χ4n) is 4.24. The third kappa shape index (κ3) is 7.10. The lowest BCUT2D eigenvalue weighted by Crippen LogP contribution is -2.49. The quantitative estimate of drug-likeness (QED) is 0.288. The molecule has 2 atom stereocenters. The van der Waals surface area contributed by atoms with Gasteiger partial charge in [-0.25, -0.2) is 4.79 Å². The number of carbonyl (C=O) groups is 2. The predicted octanol–water partition coefficient (Wildman–Crippen LogP) is 5.29. The zero-order valence-electron chi connectivity index (χ0n) is 20.3. The molecular formula is C28H31N2O4PS. The first kappa shape index (κ1) is 26.2. The number of rotatable bonds is 10.